The first-order valence-corrected chi connectivity index (χ1v) is 6.74. The molecule has 1 fully saturated rings. The summed E-state index contributed by atoms with van der Waals surface area (Å²) in [4.78, 5) is 13.4. The Morgan fingerprint density at radius 1 is 1.47 bits per heavy atom. The van der Waals surface area contributed by atoms with Gasteiger partial charge in [-0.2, -0.15) is 4.31 Å². The van der Waals surface area contributed by atoms with Crippen molar-refractivity contribution >= 4 is 10.0 Å². The van der Waals surface area contributed by atoms with Gasteiger partial charge in [-0.25, -0.2) is 8.42 Å². The zero-order valence-electron chi connectivity index (χ0n) is 9.42. The number of H-pyrrole nitrogens is 1. The van der Waals surface area contributed by atoms with Gasteiger partial charge in [0.25, 0.3) is 0 Å². The SMILES string of the molecule is CC1COCCN1S(=O)(=O)c1ccc(=O)[nH]c1. The van der Waals surface area contributed by atoms with Gasteiger partial charge in [0.15, 0.2) is 0 Å². The fourth-order valence-electron chi connectivity index (χ4n) is 1.76. The van der Waals surface area contributed by atoms with Crippen LogP contribution >= 0.6 is 0 Å². The fraction of sp³-hybridized carbons (Fsp3) is 0.500. The summed E-state index contributed by atoms with van der Waals surface area (Å²) in [5.41, 5.74) is -0.320. The lowest BCUT2D eigenvalue weighted by Gasteiger charge is -2.32. The molecule has 1 unspecified atom stereocenters. The zero-order valence-corrected chi connectivity index (χ0v) is 10.2. The molecule has 0 spiro atoms. The first-order chi connectivity index (χ1) is 8.01. The Labute approximate surface area is 99.3 Å². The lowest BCUT2D eigenvalue weighted by atomic mass is 10.3. The molecule has 0 aliphatic carbocycles. The van der Waals surface area contributed by atoms with Crippen LogP contribution in [0.3, 0.4) is 0 Å². The number of nitrogens with zero attached hydrogens (tertiary/aromatic N) is 1. The lowest BCUT2D eigenvalue weighted by molar-refractivity contribution is 0.0392. The van der Waals surface area contributed by atoms with Gasteiger partial charge in [-0.1, -0.05) is 0 Å². The molecule has 6 nitrogen and oxygen atoms in total. The van der Waals surface area contributed by atoms with Crippen molar-refractivity contribution in [2.45, 2.75) is 17.9 Å². The molecule has 2 heterocycles. The first-order valence-electron chi connectivity index (χ1n) is 5.30. The van der Waals surface area contributed by atoms with Gasteiger partial charge in [-0.15, -0.1) is 0 Å². The van der Waals surface area contributed by atoms with Crippen LogP contribution in [0.25, 0.3) is 0 Å². The molecule has 0 radical (unpaired) electrons. The van der Waals surface area contributed by atoms with Crippen molar-refractivity contribution in [1.29, 1.82) is 0 Å². The van der Waals surface area contributed by atoms with E-state index in [2.05, 4.69) is 4.98 Å². The van der Waals surface area contributed by atoms with E-state index in [0.29, 0.717) is 19.8 Å². The molecule has 1 atom stereocenters. The van der Waals surface area contributed by atoms with Gasteiger partial charge in [0.2, 0.25) is 15.6 Å². The predicted molar refractivity (Wildman–Crippen MR) is 61.2 cm³/mol. The molecule has 0 bridgehead atoms. The van der Waals surface area contributed by atoms with E-state index in [4.69, 9.17) is 4.74 Å². The highest BCUT2D eigenvalue weighted by Crippen LogP contribution is 2.18. The highest BCUT2D eigenvalue weighted by atomic mass is 32.2. The number of ether oxygens (including phenoxy) is 1. The Balaban J connectivity index is 2.35. The molecule has 17 heavy (non-hydrogen) atoms. The van der Waals surface area contributed by atoms with Crippen molar-refractivity contribution in [3.8, 4) is 0 Å². The minimum absolute atomic E-state index is 0.103. The van der Waals surface area contributed by atoms with E-state index in [1.165, 1.54) is 22.6 Å². The minimum atomic E-state index is -3.54. The van der Waals surface area contributed by atoms with Gasteiger partial charge < -0.3 is 9.72 Å². The second kappa shape index (κ2) is 4.59. The minimum Gasteiger partial charge on any atom is -0.378 e. The van der Waals surface area contributed by atoms with Gasteiger partial charge in [-0.3, -0.25) is 4.79 Å². The topological polar surface area (TPSA) is 79.5 Å². The largest absolute Gasteiger partial charge is 0.378 e. The molecule has 94 valence electrons. The average molecular weight is 258 g/mol. The molecule has 1 N–H and O–H groups in total. The van der Waals surface area contributed by atoms with Crippen LogP contribution in [0.4, 0.5) is 0 Å². The second-order valence-electron chi connectivity index (χ2n) is 3.93. The molecule has 0 aromatic carbocycles. The van der Waals surface area contributed by atoms with E-state index in [9.17, 15) is 13.2 Å². The van der Waals surface area contributed by atoms with Crippen molar-refractivity contribution < 1.29 is 13.2 Å². The van der Waals surface area contributed by atoms with E-state index < -0.39 is 10.0 Å². The van der Waals surface area contributed by atoms with Crippen LogP contribution in [-0.2, 0) is 14.8 Å². The molecule has 7 heteroatoms. The Bertz CT molecular complexity index is 531. The molecule has 1 aromatic rings. The highest BCUT2D eigenvalue weighted by Gasteiger charge is 2.31. The van der Waals surface area contributed by atoms with Crippen molar-refractivity contribution in [3.63, 3.8) is 0 Å². The number of nitrogens with one attached hydrogen (secondary N) is 1. The van der Waals surface area contributed by atoms with Crippen LogP contribution in [0.2, 0.25) is 0 Å². The average Bonchev–Trinajstić information content (AvgIpc) is 2.30. The first kappa shape index (κ1) is 12.3. The molecule has 1 aliphatic rings. The standard InChI is InChI=1S/C10H14N2O4S/c1-8-7-16-5-4-12(8)17(14,15)9-2-3-10(13)11-6-9/h2-3,6,8H,4-5,7H2,1H3,(H,11,13). The normalized spacial score (nSPS) is 22.5. The maximum atomic E-state index is 12.3. The summed E-state index contributed by atoms with van der Waals surface area (Å²) >= 11 is 0. The number of hydrogen-bond donors (Lipinski definition) is 1. The number of rotatable bonds is 2. The molecule has 1 saturated heterocycles. The van der Waals surface area contributed by atoms with Crippen LogP contribution < -0.4 is 5.56 Å². The van der Waals surface area contributed by atoms with E-state index in [0.717, 1.165) is 0 Å². The maximum absolute atomic E-state index is 12.3. The van der Waals surface area contributed by atoms with Crippen molar-refractivity contribution in [2.75, 3.05) is 19.8 Å². The number of hydrogen-bond acceptors (Lipinski definition) is 4. The van der Waals surface area contributed by atoms with Crippen LogP contribution in [0.15, 0.2) is 28.0 Å². The lowest BCUT2D eigenvalue weighted by Crippen LogP contribution is -2.47. The molecular formula is C10H14N2O4S. The smallest absolute Gasteiger partial charge is 0.247 e. The summed E-state index contributed by atoms with van der Waals surface area (Å²) in [7, 11) is -3.54. The number of sulfonamides is 1. The van der Waals surface area contributed by atoms with Crippen LogP contribution in [0.5, 0.6) is 0 Å². The third-order valence-electron chi connectivity index (χ3n) is 2.67. The highest BCUT2D eigenvalue weighted by molar-refractivity contribution is 7.89. The second-order valence-corrected chi connectivity index (χ2v) is 5.82. The number of aromatic nitrogens is 1. The molecule has 0 saturated carbocycles. The summed E-state index contributed by atoms with van der Waals surface area (Å²) in [6.07, 6.45) is 1.22. The summed E-state index contributed by atoms with van der Waals surface area (Å²) in [5, 5.41) is 0. The number of pyridine rings is 1. The monoisotopic (exact) mass is 258 g/mol. The van der Waals surface area contributed by atoms with Gasteiger partial charge in [0, 0.05) is 24.8 Å². The van der Waals surface area contributed by atoms with Crippen molar-refractivity contribution in [1.82, 2.24) is 9.29 Å². The van der Waals surface area contributed by atoms with Crippen LogP contribution in [-0.4, -0.2) is 43.5 Å². The molecule has 2 rings (SSSR count). The third-order valence-corrected chi connectivity index (χ3v) is 4.68. The van der Waals surface area contributed by atoms with Crippen LogP contribution in [0.1, 0.15) is 6.92 Å². The number of aromatic amines is 1. The Hall–Kier alpha value is -1.18. The van der Waals surface area contributed by atoms with E-state index in [1.807, 2.05) is 0 Å². The summed E-state index contributed by atoms with van der Waals surface area (Å²) in [6.45, 7) is 2.92. The van der Waals surface area contributed by atoms with E-state index in [-0.39, 0.29) is 16.5 Å². The summed E-state index contributed by atoms with van der Waals surface area (Å²) in [6, 6.07) is 2.33. The quantitative estimate of drug-likeness (QED) is 0.795. The van der Waals surface area contributed by atoms with Gasteiger partial charge in [-0.05, 0) is 13.0 Å². The molecule has 0 amide bonds. The van der Waals surface area contributed by atoms with Gasteiger partial charge in [0.05, 0.1) is 18.1 Å². The Kier molecular flexibility index (Phi) is 3.32. The van der Waals surface area contributed by atoms with Crippen LogP contribution in [0, 0.1) is 0 Å². The van der Waals surface area contributed by atoms with Crippen molar-refractivity contribution in [3.05, 3.63) is 28.7 Å². The summed E-state index contributed by atoms with van der Waals surface area (Å²) in [5.74, 6) is 0. The molecule has 1 aromatic heterocycles. The number of morpholine rings is 1. The fourth-order valence-corrected chi connectivity index (χ4v) is 3.33. The molecule has 1 aliphatic heterocycles. The van der Waals surface area contributed by atoms with E-state index >= 15 is 0 Å². The third kappa shape index (κ3) is 2.41. The van der Waals surface area contributed by atoms with E-state index in [1.54, 1.807) is 6.92 Å². The zero-order chi connectivity index (χ0) is 12.5. The Morgan fingerprint density at radius 2 is 2.24 bits per heavy atom. The Morgan fingerprint density at radius 3 is 2.82 bits per heavy atom. The maximum Gasteiger partial charge on any atom is 0.247 e. The summed E-state index contributed by atoms with van der Waals surface area (Å²) < 4.78 is 31.1. The molecular weight excluding hydrogens is 244 g/mol. The van der Waals surface area contributed by atoms with Gasteiger partial charge >= 0.3 is 0 Å². The van der Waals surface area contributed by atoms with Crippen molar-refractivity contribution in [2.24, 2.45) is 0 Å². The van der Waals surface area contributed by atoms with Gasteiger partial charge in [0.1, 0.15) is 0 Å². The predicted octanol–water partition coefficient (Wildman–Crippen LogP) is -0.216.